The van der Waals surface area contributed by atoms with Crippen molar-refractivity contribution in [3.63, 3.8) is 0 Å². The number of halogens is 3. The van der Waals surface area contributed by atoms with Crippen LogP contribution in [0.4, 0.5) is 10.2 Å². The van der Waals surface area contributed by atoms with E-state index in [-0.39, 0.29) is 46.0 Å². The first kappa shape index (κ1) is 27.3. The number of phenols is 1. The molecule has 2 N–H and O–H groups in total. The van der Waals surface area contributed by atoms with E-state index in [4.69, 9.17) is 32.9 Å². The van der Waals surface area contributed by atoms with Crippen LogP contribution in [0, 0.1) is 5.82 Å². The molecular weight excluding hydrogens is 552 g/mol. The Morgan fingerprint density at radius 3 is 2.75 bits per heavy atom. The topological polar surface area (TPSA) is 73.8 Å². The molecule has 0 unspecified atom stereocenters. The maximum absolute atomic E-state index is 16.7. The zero-order chi connectivity index (χ0) is 28.1. The van der Waals surface area contributed by atoms with Crippen molar-refractivity contribution < 1.29 is 14.2 Å². The van der Waals surface area contributed by atoms with Crippen LogP contribution in [0.2, 0.25) is 10.0 Å². The number of rotatable bonds is 5. The third kappa shape index (κ3) is 4.91. The van der Waals surface area contributed by atoms with Gasteiger partial charge in [-0.05, 0) is 75.5 Å². The van der Waals surface area contributed by atoms with E-state index in [2.05, 4.69) is 41.0 Å². The first-order chi connectivity index (χ1) is 19.2. The molecule has 40 heavy (non-hydrogen) atoms. The summed E-state index contributed by atoms with van der Waals surface area (Å²) in [6.07, 6.45) is 2.14. The summed E-state index contributed by atoms with van der Waals surface area (Å²) in [5.74, 6) is -0.0412. The van der Waals surface area contributed by atoms with Crippen LogP contribution in [0.1, 0.15) is 26.7 Å². The Morgan fingerprint density at radius 2 is 1.98 bits per heavy atom. The van der Waals surface area contributed by atoms with Gasteiger partial charge < -0.3 is 25.0 Å². The lowest BCUT2D eigenvalue weighted by molar-refractivity contribution is 0.188. The summed E-state index contributed by atoms with van der Waals surface area (Å²) in [5.41, 5.74) is 0.626. The Balaban J connectivity index is 1.55. The zero-order valence-electron chi connectivity index (χ0n) is 22.7. The second-order valence-electron chi connectivity index (χ2n) is 11.0. The number of phenolic OH excluding ortho intramolecular Hbond substituents is 1. The summed E-state index contributed by atoms with van der Waals surface area (Å²) < 4.78 is 22.9. The Bertz CT molecular complexity index is 1600. The van der Waals surface area contributed by atoms with Gasteiger partial charge in [-0.25, -0.2) is 4.39 Å². The molecule has 3 heterocycles. The third-order valence-electron chi connectivity index (χ3n) is 8.14. The van der Waals surface area contributed by atoms with Gasteiger partial charge in [0.05, 0.1) is 5.02 Å². The van der Waals surface area contributed by atoms with Gasteiger partial charge in [-0.3, -0.25) is 0 Å². The van der Waals surface area contributed by atoms with Gasteiger partial charge in [-0.15, -0.1) is 0 Å². The molecule has 3 atom stereocenters. The fourth-order valence-corrected chi connectivity index (χ4v) is 6.51. The molecule has 2 saturated heterocycles. The van der Waals surface area contributed by atoms with E-state index in [1.807, 2.05) is 6.07 Å². The standard InChI is InChI=1S/C30H32Cl2FN5O2/c1-16-14-38(17(2)13-34-16)29-22-12-24(32)26(21-11-20(39)10-18-6-4-8-23(31)25(18)21)27(33)28(22)35-30(36-29)40-15-19-7-5-9-37(19)3/h4,6,8,10-12,16-17,19,34,39H,5,7,9,13-15H2,1-3H3/t16-,17+,19+/m1/s1. The number of likely N-dealkylation sites (tertiary alicyclic amines) is 1. The molecule has 3 aromatic carbocycles. The Morgan fingerprint density at radius 1 is 1.15 bits per heavy atom. The van der Waals surface area contributed by atoms with Gasteiger partial charge in [0.15, 0.2) is 5.82 Å². The van der Waals surface area contributed by atoms with Crippen molar-refractivity contribution in [3.8, 4) is 22.9 Å². The van der Waals surface area contributed by atoms with E-state index in [0.29, 0.717) is 45.7 Å². The number of piperazine rings is 1. The van der Waals surface area contributed by atoms with Crippen molar-refractivity contribution in [2.24, 2.45) is 0 Å². The lowest BCUT2D eigenvalue weighted by Gasteiger charge is -2.39. The zero-order valence-corrected chi connectivity index (χ0v) is 24.2. The number of hydrogen-bond acceptors (Lipinski definition) is 7. The first-order valence-electron chi connectivity index (χ1n) is 13.7. The van der Waals surface area contributed by atoms with E-state index in [1.54, 1.807) is 24.3 Å². The minimum absolute atomic E-state index is 0.0166. The van der Waals surface area contributed by atoms with E-state index in [0.717, 1.165) is 25.9 Å². The van der Waals surface area contributed by atoms with Crippen LogP contribution in [0.3, 0.4) is 0 Å². The van der Waals surface area contributed by atoms with Gasteiger partial charge in [0.25, 0.3) is 0 Å². The largest absolute Gasteiger partial charge is 0.508 e. The summed E-state index contributed by atoms with van der Waals surface area (Å²) in [5, 5.41) is 16.4. The minimum atomic E-state index is -0.614. The lowest BCUT2D eigenvalue weighted by atomic mass is 9.96. The Kier molecular flexibility index (Phi) is 7.38. The van der Waals surface area contributed by atoms with Gasteiger partial charge in [0, 0.05) is 52.6 Å². The van der Waals surface area contributed by atoms with Crippen LogP contribution in [0.25, 0.3) is 32.8 Å². The van der Waals surface area contributed by atoms with Gasteiger partial charge in [-0.2, -0.15) is 9.97 Å². The van der Waals surface area contributed by atoms with Gasteiger partial charge >= 0.3 is 6.01 Å². The van der Waals surface area contributed by atoms with Crippen LogP contribution in [-0.2, 0) is 0 Å². The molecule has 0 amide bonds. The molecule has 2 aliphatic rings. The van der Waals surface area contributed by atoms with Crippen molar-refractivity contribution in [1.29, 1.82) is 0 Å². The van der Waals surface area contributed by atoms with Gasteiger partial charge in [0.1, 0.15) is 23.7 Å². The fourth-order valence-electron chi connectivity index (χ4n) is 5.93. The van der Waals surface area contributed by atoms with Gasteiger partial charge in [0.2, 0.25) is 0 Å². The second-order valence-corrected chi connectivity index (χ2v) is 11.8. The quantitative estimate of drug-likeness (QED) is 0.287. The smallest absolute Gasteiger partial charge is 0.319 e. The normalized spacial score (nSPS) is 21.9. The maximum atomic E-state index is 16.7. The van der Waals surface area contributed by atoms with E-state index >= 15 is 4.39 Å². The van der Waals surface area contributed by atoms with Crippen molar-refractivity contribution in [3.05, 3.63) is 52.3 Å². The van der Waals surface area contributed by atoms with Crippen molar-refractivity contribution in [2.75, 3.05) is 38.2 Å². The molecule has 0 saturated carbocycles. The summed E-state index contributed by atoms with van der Waals surface area (Å²) in [6.45, 7) is 7.10. The van der Waals surface area contributed by atoms with Crippen LogP contribution in [-0.4, -0.2) is 71.4 Å². The highest BCUT2D eigenvalue weighted by Crippen LogP contribution is 2.44. The van der Waals surface area contributed by atoms with E-state index < -0.39 is 5.82 Å². The summed E-state index contributed by atoms with van der Waals surface area (Å²) in [7, 11) is 2.08. The number of likely N-dealkylation sites (N-methyl/N-ethyl adjacent to an activating group) is 1. The number of ether oxygens (including phenoxy) is 1. The van der Waals surface area contributed by atoms with Crippen LogP contribution >= 0.6 is 23.2 Å². The molecule has 10 heteroatoms. The molecule has 2 aliphatic heterocycles. The Labute approximate surface area is 242 Å². The monoisotopic (exact) mass is 583 g/mol. The molecule has 210 valence electrons. The second kappa shape index (κ2) is 10.8. The summed E-state index contributed by atoms with van der Waals surface area (Å²) in [6, 6.07) is 10.8. The molecule has 6 rings (SSSR count). The highest BCUT2D eigenvalue weighted by Gasteiger charge is 2.29. The molecule has 7 nitrogen and oxygen atoms in total. The molecule has 0 radical (unpaired) electrons. The molecular formula is C30H32Cl2FN5O2. The molecule has 0 spiro atoms. The van der Waals surface area contributed by atoms with Crippen LogP contribution in [0.15, 0.2) is 36.4 Å². The highest BCUT2D eigenvalue weighted by atomic mass is 35.5. The van der Waals surface area contributed by atoms with Gasteiger partial charge in [-0.1, -0.05) is 35.3 Å². The maximum Gasteiger partial charge on any atom is 0.319 e. The SMILES string of the molecule is C[C@@H]1CN(c2nc(OC[C@@H]3CCCN3C)nc3c(F)c(-c4cc(O)cc5cccc(Cl)c45)c(Cl)cc23)[C@@H](C)CN1. The number of nitrogens with zero attached hydrogens (tertiary/aromatic N) is 4. The van der Waals surface area contributed by atoms with Crippen LogP contribution < -0.4 is 15.0 Å². The average Bonchev–Trinajstić information content (AvgIpc) is 3.33. The molecule has 4 aromatic rings. The first-order valence-corrected chi connectivity index (χ1v) is 14.4. The number of nitrogens with one attached hydrogen (secondary N) is 1. The minimum Gasteiger partial charge on any atom is -0.508 e. The van der Waals surface area contributed by atoms with E-state index in [9.17, 15) is 5.11 Å². The number of fused-ring (bicyclic) bond motifs is 2. The lowest BCUT2D eigenvalue weighted by Crippen LogP contribution is -2.54. The Hall–Kier alpha value is -2.91. The number of aromatic nitrogens is 2. The molecule has 0 aliphatic carbocycles. The van der Waals surface area contributed by atoms with E-state index in [1.165, 1.54) is 6.07 Å². The fraction of sp³-hybridized carbons (Fsp3) is 0.400. The van der Waals surface area contributed by atoms with Crippen molar-refractivity contribution in [2.45, 2.75) is 44.8 Å². The predicted molar refractivity (Wildman–Crippen MR) is 160 cm³/mol. The predicted octanol–water partition coefficient (Wildman–Crippen LogP) is 6.26. The highest BCUT2D eigenvalue weighted by molar-refractivity contribution is 6.38. The number of anilines is 1. The van der Waals surface area contributed by atoms with Crippen LogP contribution in [0.5, 0.6) is 11.8 Å². The summed E-state index contributed by atoms with van der Waals surface area (Å²) in [4.78, 5) is 13.8. The van der Waals surface area contributed by atoms with Crippen molar-refractivity contribution in [1.82, 2.24) is 20.2 Å². The third-order valence-corrected chi connectivity index (χ3v) is 8.75. The number of aromatic hydroxyl groups is 1. The summed E-state index contributed by atoms with van der Waals surface area (Å²) >= 11 is 13.4. The molecule has 1 aromatic heterocycles. The number of benzene rings is 3. The van der Waals surface area contributed by atoms with Crippen molar-refractivity contribution >= 4 is 50.7 Å². The number of hydrogen-bond donors (Lipinski definition) is 2. The molecule has 0 bridgehead atoms. The average molecular weight is 585 g/mol. The molecule has 2 fully saturated rings.